The molecule has 0 saturated carbocycles. The van der Waals surface area contributed by atoms with E-state index < -0.39 is 0 Å². The zero-order chi connectivity index (χ0) is 13.4. The van der Waals surface area contributed by atoms with E-state index in [1.54, 1.807) is 17.7 Å². The monoisotopic (exact) mass is 282 g/mol. The summed E-state index contributed by atoms with van der Waals surface area (Å²) >= 11 is 1.78. The highest BCUT2D eigenvalue weighted by Crippen LogP contribution is 2.38. The minimum Gasteiger partial charge on any atom is -0.348 e. The van der Waals surface area contributed by atoms with Crippen molar-refractivity contribution in [2.45, 2.75) is 18.5 Å². The Balaban J connectivity index is 1.74. The molecule has 4 nitrogen and oxygen atoms in total. The first-order valence-corrected chi connectivity index (χ1v) is 7.54. The van der Waals surface area contributed by atoms with Crippen LogP contribution >= 0.6 is 11.3 Å². The molecule has 1 aliphatic rings. The third-order valence-corrected chi connectivity index (χ3v) is 4.68. The molecular weight excluding hydrogens is 268 g/mol. The van der Waals surface area contributed by atoms with E-state index in [9.17, 15) is 0 Å². The summed E-state index contributed by atoms with van der Waals surface area (Å²) in [6, 6.07) is 15.3. The van der Waals surface area contributed by atoms with Crippen LogP contribution in [0.3, 0.4) is 0 Å². The molecule has 20 heavy (non-hydrogen) atoms. The van der Waals surface area contributed by atoms with Crippen molar-refractivity contribution in [1.29, 1.82) is 0 Å². The van der Waals surface area contributed by atoms with Crippen LogP contribution in [0.1, 0.15) is 28.9 Å². The molecule has 0 aliphatic carbocycles. The second kappa shape index (κ2) is 4.76. The van der Waals surface area contributed by atoms with Crippen LogP contribution in [0, 0.1) is 0 Å². The molecule has 2 atom stereocenters. The van der Waals surface area contributed by atoms with E-state index in [4.69, 9.17) is 0 Å². The molecule has 0 amide bonds. The molecular formula is C15H14N4S. The fraction of sp³-hybridized carbons (Fsp3) is 0.200. The number of benzene rings is 1. The second-order valence-corrected chi connectivity index (χ2v) is 5.88. The van der Waals surface area contributed by atoms with Gasteiger partial charge in [-0.05, 0) is 23.4 Å². The molecule has 0 saturated heterocycles. The van der Waals surface area contributed by atoms with E-state index in [0.717, 1.165) is 12.4 Å². The van der Waals surface area contributed by atoms with Crippen molar-refractivity contribution >= 4 is 17.3 Å². The van der Waals surface area contributed by atoms with Gasteiger partial charge in [0.1, 0.15) is 6.33 Å². The average Bonchev–Trinajstić information content (AvgIpc) is 3.18. The number of hydrogen-bond acceptors (Lipinski definition) is 4. The lowest BCUT2D eigenvalue weighted by atomic mass is 9.97. The second-order valence-electron chi connectivity index (χ2n) is 4.90. The van der Waals surface area contributed by atoms with Gasteiger partial charge in [-0.15, -0.1) is 11.3 Å². The minimum absolute atomic E-state index is 0.263. The van der Waals surface area contributed by atoms with E-state index >= 15 is 0 Å². The quantitative estimate of drug-likeness (QED) is 0.782. The number of rotatable bonds is 2. The predicted octanol–water partition coefficient (Wildman–Crippen LogP) is 3.49. The van der Waals surface area contributed by atoms with Gasteiger partial charge in [0.25, 0.3) is 0 Å². The van der Waals surface area contributed by atoms with Crippen LogP contribution in [-0.2, 0) is 0 Å². The summed E-state index contributed by atoms with van der Waals surface area (Å²) < 4.78 is 1.99. The van der Waals surface area contributed by atoms with Crippen LogP contribution in [0.2, 0.25) is 0 Å². The van der Waals surface area contributed by atoms with Crippen molar-refractivity contribution in [2.75, 3.05) is 5.32 Å². The minimum atomic E-state index is 0.263. The van der Waals surface area contributed by atoms with Crippen molar-refractivity contribution in [3.63, 3.8) is 0 Å². The van der Waals surface area contributed by atoms with Gasteiger partial charge in [-0.25, -0.2) is 4.68 Å². The summed E-state index contributed by atoms with van der Waals surface area (Å²) in [5.41, 5.74) is 1.29. The fourth-order valence-corrected chi connectivity index (χ4v) is 3.57. The number of nitrogens with zero attached hydrogens (tertiary/aromatic N) is 3. The summed E-state index contributed by atoms with van der Waals surface area (Å²) in [7, 11) is 0. The maximum atomic E-state index is 4.37. The summed E-state index contributed by atoms with van der Waals surface area (Å²) in [6.07, 6.45) is 2.61. The van der Waals surface area contributed by atoms with Gasteiger partial charge in [-0.1, -0.05) is 36.4 Å². The van der Waals surface area contributed by atoms with Crippen LogP contribution in [0.25, 0.3) is 0 Å². The Kier molecular flexibility index (Phi) is 2.77. The molecule has 2 aromatic heterocycles. The third-order valence-electron chi connectivity index (χ3n) is 3.70. The third kappa shape index (κ3) is 1.91. The van der Waals surface area contributed by atoms with Crippen molar-refractivity contribution in [1.82, 2.24) is 14.8 Å². The Hall–Kier alpha value is -2.14. The molecule has 0 spiro atoms. The number of thiophene rings is 1. The van der Waals surface area contributed by atoms with Crippen molar-refractivity contribution in [3.8, 4) is 0 Å². The number of aromatic nitrogens is 3. The van der Waals surface area contributed by atoms with Gasteiger partial charge >= 0.3 is 0 Å². The Morgan fingerprint density at radius 2 is 2.05 bits per heavy atom. The molecule has 3 aromatic rings. The van der Waals surface area contributed by atoms with Crippen molar-refractivity contribution in [3.05, 3.63) is 64.6 Å². The Morgan fingerprint density at radius 1 is 1.15 bits per heavy atom. The van der Waals surface area contributed by atoms with Crippen molar-refractivity contribution < 1.29 is 0 Å². The molecule has 5 heteroatoms. The van der Waals surface area contributed by atoms with E-state index in [1.165, 1.54) is 10.4 Å². The van der Waals surface area contributed by atoms with Gasteiger partial charge in [-0.3, -0.25) is 0 Å². The smallest absolute Gasteiger partial charge is 0.222 e. The number of nitrogens with one attached hydrogen (secondary N) is 1. The van der Waals surface area contributed by atoms with Crippen LogP contribution in [0.15, 0.2) is 54.2 Å². The first kappa shape index (κ1) is 11.7. The SMILES string of the molecule is c1ccc([C@H]2C[C@@H](c3cccs3)n3ncnc3N2)cc1. The van der Waals surface area contributed by atoms with E-state index in [2.05, 4.69) is 57.2 Å². The summed E-state index contributed by atoms with van der Waals surface area (Å²) in [5.74, 6) is 0.850. The topological polar surface area (TPSA) is 42.7 Å². The lowest BCUT2D eigenvalue weighted by Crippen LogP contribution is -2.27. The highest BCUT2D eigenvalue weighted by molar-refractivity contribution is 7.10. The summed E-state index contributed by atoms with van der Waals surface area (Å²) in [6.45, 7) is 0. The highest BCUT2D eigenvalue weighted by atomic mass is 32.1. The summed E-state index contributed by atoms with van der Waals surface area (Å²) in [4.78, 5) is 5.67. The maximum Gasteiger partial charge on any atom is 0.222 e. The molecule has 4 rings (SSSR count). The normalized spacial score (nSPS) is 21.2. The van der Waals surface area contributed by atoms with Crippen LogP contribution in [-0.4, -0.2) is 14.8 Å². The number of anilines is 1. The van der Waals surface area contributed by atoms with E-state index in [0.29, 0.717) is 0 Å². The lowest BCUT2D eigenvalue weighted by Gasteiger charge is -2.31. The molecule has 1 aromatic carbocycles. The van der Waals surface area contributed by atoms with Crippen LogP contribution in [0.5, 0.6) is 0 Å². The van der Waals surface area contributed by atoms with Gasteiger partial charge in [0.2, 0.25) is 5.95 Å². The Bertz CT molecular complexity index is 690. The van der Waals surface area contributed by atoms with E-state index in [1.807, 2.05) is 10.7 Å². The Labute approximate surface area is 121 Å². The average molecular weight is 282 g/mol. The maximum absolute atomic E-state index is 4.37. The largest absolute Gasteiger partial charge is 0.348 e. The molecule has 100 valence electrons. The zero-order valence-electron chi connectivity index (χ0n) is 10.8. The Morgan fingerprint density at radius 3 is 2.85 bits per heavy atom. The van der Waals surface area contributed by atoms with Crippen molar-refractivity contribution in [2.24, 2.45) is 0 Å². The summed E-state index contributed by atoms with van der Waals surface area (Å²) in [5, 5.41) is 9.97. The molecule has 0 radical (unpaired) electrons. The fourth-order valence-electron chi connectivity index (χ4n) is 2.74. The van der Waals surface area contributed by atoms with Gasteiger partial charge in [0, 0.05) is 4.88 Å². The first-order chi connectivity index (χ1) is 9.92. The van der Waals surface area contributed by atoms with Crippen LogP contribution < -0.4 is 5.32 Å². The predicted molar refractivity (Wildman–Crippen MR) is 79.9 cm³/mol. The van der Waals surface area contributed by atoms with Crippen LogP contribution in [0.4, 0.5) is 5.95 Å². The molecule has 1 aliphatic heterocycles. The zero-order valence-corrected chi connectivity index (χ0v) is 11.6. The number of hydrogen-bond donors (Lipinski definition) is 1. The van der Waals surface area contributed by atoms with E-state index in [-0.39, 0.29) is 12.1 Å². The molecule has 1 N–H and O–H groups in total. The first-order valence-electron chi connectivity index (χ1n) is 6.66. The van der Waals surface area contributed by atoms with Gasteiger partial charge in [0.15, 0.2) is 0 Å². The van der Waals surface area contributed by atoms with Gasteiger partial charge < -0.3 is 5.32 Å². The standard InChI is InChI=1S/C15H14N4S/c1-2-5-11(6-3-1)12-9-13(14-7-4-8-20-14)19-15(18-12)16-10-17-19/h1-8,10,12-13H,9H2,(H,16,17,18)/t12-,13+/m1/s1. The molecule has 0 fully saturated rings. The lowest BCUT2D eigenvalue weighted by molar-refractivity contribution is 0.436. The molecule has 0 unspecified atom stereocenters. The number of fused-ring (bicyclic) bond motifs is 1. The molecule has 3 heterocycles. The highest BCUT2D eigenvalue weighted by Gasteiger charge is 2.30. The van der Waals surface area contributed by atoms with Gasteiger partial charge in [-0.2, -0.15) is 10.1 Å². The molecule has 0 bridgehead atoms. The van der Waals surface area contributed by atoms with Gasteiger partial charge in [0.05, 0.1) is 12.1 Å².